The maximum absolute atomic E-state index is 11.7. The first-order valence-electron chi connectivity index (χ1n) is 6.47. The molecule has 102 valence electrons. The molecular weight excluding hydrogens is 242 g/mol. The van der Waals surface area contributed by atoms with Crippen molar-refractivity contribution in [3.63, 3.8) is 0 Å². The van der Waals surface area contributed by atoms with Crippen molar-refractivity contribution in [2.75, 3.05) is 13.2 Å². The van der Waals surface area contributed by atoms with Crippen molar-refractivity contribution < 1.29 is 14.3 Å². The third-order valence-electron chi connectivity index (χ3n) is 3.35. The Bertz CT molecular complexity index is 586. The van der Waals surface area contributed by atoms with Crippen LogP contribution >= 0.6 is 0 Å². The van der Waals surface area contributed by atoms with E-state index < -0.39 is 0 Å². The Labute approximate surface area is 112 Å². The summed E-state index contributed by atoms with van der Waals surface area (Å²) in [6.45, 7) is 4.65. The van der Waals surface area contributed by atoms with E-state index in [1.807, 2.05) is 26.0 Å². The lowest BCUT2D eigenvalue weighted by atomic mass is 10.0. The Morgan fingerprint density at radius 3 is 2.89 bits per heavy atom. The molecule has 0 atom stereocenters. The fourth-order valence-corrected chi connectivity index (χ4v) is 2.07. The van der Waals surface area contributed by atoms with Crippen LogP contribution in [0.1, 0.15) is 23.1 Å². The topological polar surface area (TPSA) is 62.5 Å². The summed E-state index contributed by atoms with van der Waals surface area (Å²) >= 11 is 0. The highest BCUT2D eigenvalue weighted by molar-refractivity contribution is 5.89. The molecule has 1 aromatic heterocycles. The van der Waals surface area contributed by atoms with Crippen LogP contribution in [0.2, 0.25) is 0 Å². The average Bonchev–Trinajstić information content (AvgIpc) is 2.78. The van der Waals surface area contributed by atoms with Gasteiger partial charge in [-0.1, -0.05) is 12.1 Å². The molecule has 1 aromatic carbocycles. The molecule has 0 saturated carbocycles. The van der Waals surface area contributed by atoms with E-state index in [0.717, 1.165) is 22.1 Å². The highest BCUT2D eigenvalue weighted by atomic mass is 16.3. The minimum absolute atomic E-state index is 0.0469. The van der Waals surface area contributed by atoms with Crippen LogP contribution in [-0.4, -0.2) is 24.2 Å². The monoisotopic (exact) mass is 261 g/mol. The van der Waals surface area contributed by atoms with Crippen LogP contribution in [0.5, 0.6) is 0 Å². The standard InChI is InChI=1S/C15H19NO3/c1-10-4-5-13-12(9-19-15(13)11(10)2)8-14(18)16-6-3-7-17/h4-5,9,17H,3,6-8H2,1-2H3,(H,16,18). The quantitative estimate of drug-likeness (QED) is 0.810. The van der Waals surface area contributed by atoms with Crippen molar-refractivity contribution in [2.24, 2.45) is 0 Å². The normalized spacial score (nSPS) is 10.9. The first-order valence-corrected chi connectivity index (χ1v) is 6.47. The summed E-state index contributed by atoms with van der Waals surface area (Å²) in [5, 5.41) is 12.4. The molecule has 4 heteroatoms. The molecule has 0 aliphatic carbocycles. The Morgan fingerprint density at radius 2 is 2.16 bits per heavy atom. The van der Waals surface area contributed by atoms with Crippen LogP contribution in [0.15, 0.2) is 22.8 Å². The second kappa shape index (κ2) is 5.89. The van der Waals surface area contributed by atoms with Gasteiger partial charge in [-0.15, -0.1) is 0 Å². The summed E-state index contributed by atoms with van der Waals surface area (Å²) in [5.74, 6) is -0.0469. The number of carbonyl (C=O) groups excluding carboxylic acids is 1. The lowest BCUT2D eigenvalue weighted by Gasteiger charge is -2.03. The Hall–Kier alpha value is -1.81. The predicted molar refractivity (Wildman–Crippen MR) is 74.1 cm³/mol. The van der Waals surface area contributed by atoms with Crippen molar-refractivity contribution in [1.82, 2.24) is 5.32 Å². The average molecular weight is 261 g/mol. The molecule has 0 saturated heterocycles. The maximum atomic E-state index is 11.7. The number of nitrogens with one attached hydrogen (secondary N) is 1. The van der Waals surface area contributed by atoms with Crippen molar-refractivity contribution in [3.8, 4) is 0 Å². The zero-order chi connectivity index (χ0) is 13.8. The van der Waals surface area contributed by atoms with Gasteiger partial charge in [-0.05, 0) is 31.4 Å². The van der Waals surface area contributed by atoms with Gasteiger partial charge in [-0.3, -0.25) is 4.79 Å². The van der Waals surface area contributed by atoms with Gasteiger partial charge in [-0.2, -0.15) is 0 Å². The van der Waals surface area contributed by atoms with Gasteiger partial charge in [0.25, 0.3) is 0 Å². The fourth-order valence-electron chi connectivity index (χ4n) is 2.07. The zero-order valence-electron chi connectivity index (χ0n) is 11.3. The van der Waals surface area contributed by atoms with Crippen molar-refractivity contribution in [3.05, 3.63) is 35.1 Å². The molecule has 4 nitrogen and oxygen atoms in total. The Kier molecular flexibility index (Phi) is 4.22. The number of aliphatic hydroxyl groups is 1. The van der Waals surface area contributed by atoms with Crippen LogP contribution in [0, 0.1) is 13.8 Å². The molecule has 0 unspecified atom stereocenters. The number of hydrogen-bond donors (Lipinski definition) is 2. The van der Waals surface area contributed by atoms with Gasteiger partial charge in [-0.25, -0.2) is 0 Å². The molecule has 0 aliphatic heterocycles. The molecule has 1 heterocycles. The van der Waals surface area contributed by atoms with Gasteiger partial charge >= 0.3 is 0 Å². The lowest BCUT2D eigenvalue weighted by molar-refractivity contribution is -0.120. The van der Waals surface area contributed by atoms with Gasteiger partial charge in [0.2, 0.25) is 5.91 Å². The summed E-state index contributed by atoms with van der Waals surface area (Å²) in [6, 6.07) is 4.04. The van der Waals surface area contributed by atoms with Crippen molar-refractivity contribution >= 4 is 16.9 Å². The van der Waals surface area contributed by atoms with Crippen LogP contribution in [0.25, 0.3) is 11.0 Å². The molecular formula is C15H19NO3. The SMILES string of the molecule is Cc1ccc2c(CC(=O)NCCCO)coc2c1C. The molecule has 2 aromatic rings. The number of fused-ring (bicyclic) bond motifs is 1. The summed E-state index contributed by atoms with van der Waals surface area (Å²) < 4.78 is 5.57. The lowest BCUT2D eigenvalue weighted by Crippen LogP contribution is -2.26. The number of benzene rings is 1. The van der Waals surface area contributed by atoms with E-state index in [-0.39, 0.29) is 12.5 Å². The van der Waals surface area contributed by atoms with E-state index in [9.17, 15) is 4.79 Å². The maximum Gasteiger partial charge on any atom is 0.224 e. The largest absolute Gasteiger partial charge is 0.464 e. The number of hydrogen-bond acceptors (Lipinski definition) is 3. The van der Waals surface area contributed by atoms with Crippen molar-refractivity contribution in [2.45, 2.75) is 26.7 Å². The highest BCUT2D eigenvalue weighted by Gasteiger charge is 2.12. The number of amides is 1. The molecule has 0 spiro atoms. The molecule has 19 heavy (non-hydrogen) atoms. The first-order chi connectivity index (χ1) is 9.13. The summed E-state index contributed by atoms with van der Waals surface area (Å²) in [4.78, 5) is 11.7. The summed E-state index contributed by atoms with van der Waals surface area (Å²) in [7, 11) is 0. The molecule has 1 amide bonds. The van der Waals surface area contributed by atoms with Gasteiger partial charge in [0.05, 0.1) is 12.7 Å². The minimum Gasteiger partial charge on any atom is -0.464 e. The van der Waals surface area contributed by atoms with Crippen LogP contribution in [0.3, 0.4) is 0 Å². The molecule has 0 radical (unpaired) electrons. The summed E-state index contributed by atoms with van der Waals surface area (Å²) in [5.41, 5.74) is 4.06. The molecule has 0 bridgehead atoms. The van der Waals surface area contributed by atoms with E-state index in [1.165, 1.54) is 5.56 Å². The van der Waals surface area contributed by atoms with Gasteiger partial charge in [0.15, 0.2) is 0 Å². The summed E-state index contributed by atoms with van der Waals surface area (Å²) in [6.07, 6.45) is 2.54. The molecule has 2 rings (SSSR count). The second-order valence-electron chi connectivity index (χ2n) is 4.75. The zero-order valence-corrected chi connectivity index (χ0v) is 11.3. The number of furan rings is 1. The smallest absolute Gasteiger partial charge is 0.224 e. The van der Waals surface area contributed by atoms with Crippen LogP contribution in [0.4, 0.5) is 0 Å². The van der Waals surface area contributed by atoms with E-state index in [0.29, 0.717) is 19.4 Å². The molecule has 0 fully saturated rings. The third-order valence-corrected chi connectivity index (χ3v) is 3.35. The number of aliphatic hydroxyl groups excluding tert-OH is 1. The van der Waals surface area contributed by atoms with Crippen LogP contribution in [-0.2, 0) is 11.2 Å². The van der Waals surface area contributed by atoms with Crippen molar-refractivity contribution in [1.29, 1.82) is 0 Å². The van der Waals surface area contributed by atoms with Gasteiger partial charge in [0, 0.05) is 24.1 Å². The second-order valence-corrected chi connectivity index (χ2v) is 4.75. The third kappa shape index (κ3) is 2.96. The Balaban J connectivity index is 2.13. The van der Waals surface area contributed by atoms with Gasteiger partial charge in [0.1, 0.15) is 5.58 Å². The van der Waals surface area contributed by atoms with E-state index in [2.05, 4.69) is 5.32 Å². The van der Waals surface area contributed by atoms with E-state index in [1.54, 1.807) is 6.26 Å². The van der Waals surface area contributed by atoms with E-state index >= 15 is 0 Å². The highest BCUT2D eigenvalue weighted by Crippen LogP contribution is 2.26. The Morgan fingerprint density at radius 1 is 1.37 bits per heavy atom. The fraction of sp³-hybridized carbons (Fsp3) is 0.400. The predicted octanol–water partition coefficient (Wildman–Crippen LogP) is 2.09. The first kappa shape index (κ1) is 13.6. The van der Waals surface area contributed by atoms with E-state index in [4.69, 9.17) is 9.52 Å². The van der Waals surface area contributed by atoms with Crippen LogP contribution < -0.4 is 5.32 Å². The number of aryl methyl sites for hydroxylation is 2. The number of rotatable bonds is 5. The molecule has 0 aliphatic rings. The van der Waals surface area contributed by atoms with Gasteiger partial charge < -0.3 is 14.8 Å². The minimum atomic E-state index is -0.0469. The number of carbonyl (C=O) groups is 1. The molecule has 2 N–H and O–H groups in total.